The first-order valence-electron chi connectivity index (χ1n) is 7.08. The number of halogens is 3. The van der Waals surface area contributed by atoms with Crippen molar-refractivity contribution in [2.45, 2.75) is 38.1 Å². The summed E-state index contributed by atoms with van der Waals surface area (Å²) in [6.07, 6.45) is 6.06. The van der Waals surface area contributed by atoms with Gasteiger partial charge in [0.1, 0.15) is 0 Å². The molecule has 1 aromatic carbocycles. The van der Waals surface area contributed by atoms with Crippen molar-refractivity contribution in [1.82, 2.24) is 5.32 Å². The molecule has 0 saturated heterocycles. The predicted octanol–water partition coefficient (Wildman–Crippen LogP) is 4.16. The summed E-state index contributed by atoms with van der Waals surface area (Å²) in [5.41, 5.74) is 6.41. The van der Waals surface area contributed by atoms with Gasteiger partial charge in [-0.3, -0.25) is 4.79 Å². The zero-order valence-electron chi connectivity index (χ0n) is 11.8. The summed E-state index contributed by atoms with van der Waals surface area (Å²) in [5, 5.41) is 3.62. The van der Waals surface area contributed by atoms with Gasteiger partial charge in [-0.2, -0.15) is 0 Å². The van der Waals surface area contributed by atoms with Crippen LogP contribution in [0.15, 0.2) is 22.7 Å². The van der Waals surface area contributed by atoms with E-state index in [1.165, 1.54) is 19.3 Å². The molecular weight excluding hydrogens is 375 g/mol. The number of nitrogens with two attached hydrogens (primary N) is 1. The Morgan fingerprint density at radius 1 is 1.38 bits per heavy atom. The lowest BCUT2D eigenvalue weighted by Crippen LogP contribution is -2.46. The summed E-state index contributed by atoms with van der Waals surface area (Å²) >= 11 is 9.34. The van der Waals surface area contributed by atoms with Gasteiger partial charge in [-0.1, -0.05) is 30.9 Å². The smallest absolute Gasteiger partial charge is 0.252 e. The van der Waals surface area contributed by atoms with Crippen LogP contribution >= 0.6 is 39.9 Å². The molecule has 118 valence electrons. The first-order chi connectivity index (χ1) is 9.61. The third-order valence-electron chi connectivity index (χ3n) is 3.96. The lowest BCUT2D eigenvalue weighted by molar-refractivity contribution is 0.0915. The Kier molecular flexibility index (Phi) is 8.03. The number of rotatable bonds is 4. The van der Waals surface area contributed by atoms with E-state index in [0.717, 1.165) is 17.3 Å². The summed E-state index contributed by atoms with van der Waals surface area (Å²) in [6.45, 7) is 0.481. The summed E-state index contributed by atoms with van der Waals surface area (Å²) < 4.78 is 0.749. The van der Waals surface area contributed by atoms with Crippen LogP contribution in [0.3, 0.4) is 0 Å². The van der Waals surface area contributed by atoms with Gasteiger partial charge in [0.05, 0.1) is 5.56 Å². The average molecular weight is 396 g/mol. The van der Waals surface area contributed by atoms with Gasteiger partial charge in [-0.15, -0.1) is 12.4 Å². The Morgan fingerprint density at radius 3 is 2.67 bits per heavy atom. The topological polar surface area (TPSA) is 55.1 Å². The van der Waals surface area contributed by atoms with Crippen LogP contribution in [-0.4, -0.2) is 18.5 Å². The first-order valence-corrected chi connectivity index (χ1v) is 8.25. The highest BCUT2D eigenvalue weighted by Crippen LogP contribution is 2.27. The van der Waals surface area contributed by atoms with E-state index in [1.54, 1.807) is 18.2 Å². The molecule has 1 aliphatic carbocycles. The van der Waals surface area contributed by atoms with Crippen LogP contribution in [0.1, 0.15) is 42.5 Å². The number of carbonyl (C=O) groups excluding carboxylic acids is 1. The van der Waals surface area contributed by atoms with Gasteiger partial charge in [0.15, 0.2) is 0 Å². The number of hydrogen-bond acceptors (Lipinski definition) is 2. The van der Waals surface area contributed by atoms with E-state index in [1.807, 2.05) is 0 Å². The zero-order valence-corrected chi connectivity index (χ0v) is 14.9. The molecule has 1 aliphatic rings. The van der Waals surface area contributed by atoms with Crippen LogP contribution in [0.4, 0.5) is 0 Å². The Morgan fingerprint density at radius 2 is 2.05 bits per heavy atom. The molecular formula is C15H21BrCl2N2O. The minimum absolute atomic E-state index is 0. The van der Waals surface area contributed by atoms with Crippen LogP contribution in [-0.2, 0) is 0 Å². The molecule has 0 aliphatic heterocycles. The fourth-order valence-corrected chi connectivity index (χ4v) is 3.42. The zero-order chi connectivity index (χ0) is 14.5. The second-order valence-corrected chi connectivity index (χ2v) is 6.63. The molecule has 1 atom stereocenters. The van der Waals surface area contributed by atoms with Gasteiger partial charge in [0.2, 0.25) is 0 Å². The minimum Gasteiger partial charge on any atom is -0.348 e. The van der Waals surface area contributed by atoms with Gasteiger partial charge in [-0.05, 0) is 52.9 Å². The normalized spacial score (nSPS) is 16.9. The molecule has 6 heteroatoms. The van der Waals surface area contributed by atoms with Crippen molar-refractivity contribution in [3.8, 4) is 0 Å². The largest absolute Gasteiger partial charge is 0.348 e. The summed E-state index contributed by atoms with van der Waals surface area (Å²) in [4.78, 5) is 12.4. The van der Waals surface area contributed by atoms with E-state index in [-0.39, 0.29) is 24.4 Å². The fourth-order valence-electron chi connectivity index (χ4n) is 2.82. The maximum absolute atomic E-state index is 12.4. The van der Waals surface area contributed by atoms with E-state index in [9.17, 15) is 4.79 Å². The number of carbonyl (C=O) groups is 1. The van der Waals surface area contributed by atoms with E-state index >= 15 is 0 Å². The third-order valence-corrected chi connectivity index (χ3v) is 4.89. The molecule has 1 aromatic rings. The highest BCUT2D eigenvalue weighted by Gasteiger charge is 2.24. The molecule has 2 rings (SSSR count). The molecule has 0 radical (unpaired) electrons. The standard InChI is InChI=1S/C15H20BrClN2O.ClH/c16-13-7-6-11(17)8-12(13)15(20)19-14(9-18)10-4-2-1-3-5-10;/h6-8,10,14H,1-5,9,18H2,(H,19,20);1H. The number of amides is 1. The Labute approximate surface area is 145 Å². The molecule has 0 spiro atoms. The SMILES string of the molecule is Cl.NCC(NC(=O)c1cc(Cl)ccc1Br)C1CCCCC1. The van der Waals surface area contributed by atoms with Crippen molar-refractivity contribution in [3.05, 3.63) is 33.3 Å². The second kappa shape index (κ2) is 8.99. The van der Waals surface area contributed by atoms with E-state index in [2.05, 4.69) is 21.2 Å². The quantitative estimate of drug-likeness (QED) is 0.803. The molecule has 1 fully saturated rings. The van der Waals surface area contributed by atoms with Gasteiger partial charge in [0, 0.05) is 22.1 Å². The van der Waals surface area contributed by atoms with Crippen molar-refractivity contribution >= 4 is 45.8 Å². The Bertz CT molecular complexity index is 479. The van der Waals surface area contributed by atoms with Crippen LogP contribution < -0.4 is 11.1 Å². The molecule has 21 heavy (non-hydrogen) atoms. The van der Waals surface area contributed by atoms with Crippen molar-refractivity contribution in [2.75, 3.05) is 6.54 Å². The molecule has 1 saturated carbocycles. The molecule has 0 bridgehead atoms. The predicted molar refractivity (Wildman–Crippen MR) is 93.3 cm³/mol. The minimum atomic E-state index is -0.111. The van der Waals surface area contributed by atoms with Gasteiger partial charge < -0.3 is 11.1 Å². The maximum atomic E-state index is 12.4. The monoisotopic (exact) mass is 394 g/mol. The van der Waals surface area contributed by atoms with E-state index in [4.69, 9.17) is 17.3 Å². The Balaban J connectivity index is 0.00000220. The number of nitrogens with one attached hydrogen (secondary N) is 1. The number of hydrogen-bond donors (Lipinski definition) is 2. The molecule has 1 unspecified atom stereocenters. The van der Waals surface area contributed by atoms with Crippen molar-refractivity contribution < 1.29 is 4.79 Å². The third kappa shape index (κ3) is 5.13. The number of benzene rings is 1. The lowest BCUT2D eigenvalue weighted by atomic mass is 9.84. The van der Waals surface area contributed by atoms with Crippen LogP contribution in [0.2, 0.25) is 5.02 Å². The molecule has 0 aromatic heterocycles. The van der Waals surface area contributed by atoms with Crippen molar-refractivity contribution in [1.29, 1.82) is 0 Å². The van der Waals surface area contributed by atoms with Crippen LogP contribution in [0.5, 0.6) is 0 Å². The van der Waals surface area contributed by atoms with E-state index < -0.39 is 0 Å². The molecule has 0 heterocycles. The first kappa shape index (κ1) is 18.8. The summed E-state index contributed by atoms with van der Waals surface area (Å²) in [5.74, 6) is 0.385. The Hall–Kier alpha value is -0.290. The lowest BCUT2D eigenvalue weighted by Gasteiger charge is -2.30. The molecule has 3 nitrogen and oxygen atoms in total. The second-order valence-electron chi connectivity index (χ2n) is 5.34. The van der Waals surface area contributed by atoms with Crippen molar-refractivity contribution in [2.24, 2.45) is 11.7 Å². The molecule has 1 amide bonds. The van der Waals surface area contributed by atoms with Gasteiger partial charge in [0.25, 0.3) is 5.91 Å². The summed E-state index contributed by atoms with van der Waals surface area (Å²) in [7, 11) is 0. The maximum Gasteiger partial charge on any atom is 0.252 e. The summed E-state index contributed by atoms with van der Waals surface area (Å²) in [6, 6.07) is 5.27. The average Bonchev–Trinajstić information content (AvgIpc) is 2.48. The van der Waals surface area contributed by atoms with Crippen molar-refractivity contribution in [3.63, 3.8) is 0 Å². The van der Waals surface area contributed by atoms with Crippen LogP contribution in [0.25, 0.3) is 0 Å². The van der Waals surface area contributed by atoms with Gasteiger partial charge in [-0.25, -0.2) is 0 Å². The highest BCUT2D eigenvalue weighted by molar-refractivity contribution is 9.10. The fraction of sp³-hybridized carbons (Fsp3) is 0.533. The highest BCUT2D eigenvalue weighted by atomic mass is 79.9. The molecule has 3 N–H and O–H groups in total. The van der Waals surface area contributed by atoms with E-state index in [0.29, 0.717) is 23.0 Å². The van der Waals surface area contributed by atoms with Crippen LogP contribution in [0, 0.1) is 5.92 Å². The van der Waals surface area contributed by atoms with Gasteiger partial charge >= 0.3 is 0 Å².